The molecule has 5 heteroatoms. The van der Waals surface area contributed by atoms with Crippen molar-refractivity contribution >= 4 is 17.5 Å². The zero-order chi connectivity index (χ0) is 12.4. The number of nitrogen functional groups attached to an aromatic ring is 1. The Morgan fingerprint density at radius 2 is 1.71 bits per heavy atom. The van der Waals surface area contributed by atoms with E-state index in [0.29, 0.717) is 11.7 Å². The fraction of sp³-hybridized carbons (Fsp3) is 0.250. The van der Waals surface area contributed by atoms with Gasteiger partial charge in [0.25, 0.3) is 0 Å². The van der Waals surface area contributed by atoms with Gasteiger partial charge in [-0.1, -0.05) is 38.1 Å². The van der Waals surface area contributed by atoms with Crippen LogP contribution in [0.5, 0.6) is 0 Å². The van der Waals surface area contributed by atoms with Crippen LogP contribution >= 0.6 is 11.6 Å². The lowest BCUT2D eigenvalue weighted by Gasteiger charge is -2.06. The zero-order valence-electron chi connectivity index (χ0n) is 9.68. The highest BCUT2D eigenvalue weighted by Crippen LogP contribution is 2.21. The van der Waals surface area contributed by atoms with Crippen molar-refractivity contribution in [2.75, 3.05) is 5.73 Å². The maximum atomic E-state index is 5.74. The number of nitrogens with zero attached hydrogens (tertiary/aromatic N) is 3. The Labute approximate surface area is 105 Å². The first-order chi connectivity index (χ1) is 8.06. The van der Waals surface area contributed by atoms with Crippen LogP contribution in [0.25, 0.3) is 11.4 Å². The molecule has 0 spiro atoms. The Bertz CT molecular complexity index is 502. The van der Waals surface area contributed by atoms with E-state index < -0.39 is 0 Å². The first-order valence-electron chi connectivity index (χ1n) is 5.33. The molecule has 0 unspecified atom stereocenters. The van der Waals surface area contributed by atoms with Crippen molar-refractivity contribution in [2.45, 2.75) is 19.8 Å². The van der Waals surface area contributed by atoms with Crippen molar-refractivity contribution < 1.29 is 0 Å². The number of hydrogen-bond acceptors (Lipinski definition) is 4. The van der Waals surface area contributed by atoms with Gasteiger partial charge in [0.1, 0.15) is 0 Å². The Hall–Kier alpha value is -1.68. The first-order valence-corrected chi connectivity index (χ1v) is 5.71. The molecule has 2 rings (SSSR count). The van der Waals surface area contributed by atoms with Crippen molar-refractivity contribution in [1.82, 2.24) is 15.0 Å². The molecule has 4 nitrogen and oxygen atoms in total. The Morgan fingerprint density at radius 1 is 1.06 bits per heavy atom. The number of nitrogens with two attached hydrogens (primary N) is 1. The summed E-state index contributed by atoms with van der Waals surface area (Å²) in [5.74, 6) is 1.13. The fourth-order valence-corrected chi connectivity index (χ4v) is 1.68. The normalized spacial score (nSPS) is 10.8. The molecule has 0 bridgehead atoms. The minimum atomic E-state index is 0.112. The molecular formula is C12H13ClN4. The second kappa shape index (κ2) is 4.67. The molecule has 0 aliphatic rings. The van der Waals surface area contributed by atoms with Gasteiger partial charge in [-0.3, -0.25) is 0 Å². The van der Waals surface area contributed by atoms with Gasteiger partial charge in [0, 0.05) is 5.56 Å². The summed E-state index contributed by atoms with van der Waals surface area (Å²) >= 11 is 5.74. The van der Waals surface area contributed by atoms with E-state index in [1.165, 1.54) is 5.56 Å². The molecule has 17 heavy (non-hydrogen) atoms. The van der Waals surface area contributed by atoms with E-state index in [-0.39, 0.29) is 11.2 Å². The van der Waals surface area contributed by atoms with Gasteiger partial charge in [0.05, 0.1) is 0 Å². The average Bonchev–Trinajstić information content (AvgIpc) is 2.28. The number of hydrogen-bond donors (Lipinski definition) is 1. The Balaban J connectivity index is 2.39. The molecule has 0 aliphatic heterocycles. The highest BCUT2D eigenvalue weighted by atomic mass is 35.5. The number of aromatic nitrogens is 3. The summed E-state index contributed by atoms with van der Waals surface area (Å²) in [7, 11) is 0. The highest BCUT2D eigenvalue weighted by molar-refractivity contribution is 6.28. The van der Waals surface area contributed by atoms with Gasteiger partial charge >= 0.3 is 0 Å². The third-order valence-electron chi connectivity index (χ3n) is 2.46. The second-order valence-corrected chi connectivity index (χ2v) is 4.40. The number of halogens is 1. The van der Waals surface area contributed by atoms with Crippen molar-refractivity contribution in [3.63, 3.8) is 0 Å². The molecule has 0 fully saturated rings. The minimum absolute atomic E-state index is 0.112. The maximum absolute atomic E-state index is 5.74. The minimum Gasteiger partial charge on any atom is -0.368 e. The molecule has 1 heterocycles. The van der Waals surface area contributed by atoms with Crippen molar-refractivity contribution in [2.24, 2.45) is 0 Å². The zero-order valence-corrected chi connectivity index (χ0v) is 10.4. The monoisotopic (exact) mass is 248 g/mol. The molecule has 1 aromatic heterocycles. The predicted octanol–water partition coefficient (Wildman–Crippen LogP) is 2.90. The van der Waals surface area contributed by atoms with E-state index >= 15 is 0 Å². The molecule has 0 saturated heterocycles. The summed E-state index contributed by atoms with van der Waals surface area (Å²) in [4.78, 5) is 11.8. The summed E-state index contributed by atoms with van der Waals surface area (Å²) < 4.78 is 0. The van der Waals surface area contributed by atoms with E-state index in [9.17, 15) is 0 Å². The van der Waals surface area contributed by atoms with Crippen LogP contribution in [-0.2, 0) is 0 Å². The van der Waals surface area contributed by atoms with E-state index in [2.05, 4.69) is 28.8 Å². The molecule has 0 amide bonds. The van der Waals surface area contributed by atoms with Gasteiger partial charge < -0.3 is 5.73 Å². The number of rotatable bonds is 2. The molecule has 0 atom stereocenters. The molecule has 0 saturated carbocycles. The molecule has 2 aromatic rings. The second-order valence-electron chi connectivity index (χ2n) is 4.06. The van der Waals surface area contributed by atoms with Crippen molar-refractivity contribution in [3.8, 4) is 11.4 Å². The molecule has 0 radical (unpaired) electrons. The predicted molar refractivity (Wildman–Crippen MR) is 68.8 cm³/mol. The SMILES string of the molecule is CC(C)c1ccc(-c2nc(N)nc(Cl)n2)cc1. The lowest BCUT2D eigenvalue weighted by Crippen LogP contribution is -2.00. The van der Waals surface area contributed by atoms with Gasteiger partial charge in [0.2, 0.25) is 11.2 Å². The molecule has 1 aromatic carbocycles. The summed E-state index contributed by atoms with van der Waals surface area (Å²) in [5.41, 5.74) is 7.67. The fourth-order valence-electron chi connectivity index (χ4n) is 1.51. The summed E-state index contributed by atoms with van der Waals surface area (Å²) in [5, 5.41) is 0.112. The highest BCUT2D eigenvalue weighted by Gasteiger charge is 2.06. The van der Waals surface area contributed by atoms with Crippen LogP contribution in [0.15, 0.2) is 24.3 Å². The molecule has 2 N–H and O–H groups in total. The van der Waals surface area contributed by atoms with Crippen molar-refractivity contribution in [3.05, 3.63) is 35.1 Å². The maximum Gasteiger partial charge on any atom is 0.227 e. The summed E-state index contributed by atoms with van der Waals surface area (Å²) in [6, 6.07) is 8.02. The van der Waals surface area contributed by atoms with Crippen LogP contribution in [0.3, 0.4) is 0 Å². The third kappa shape index (κ3) is 2.71. The van der Waals surface area contributed by atoms with Crippen LogP contribution in [0.2, 0.25) is 5.28 Å². The van der Waals surface area contributed by atoms with Crippen LogP contribution in [0.4, 0.5) is 5.95 Å². The third-order valence-corrected chi connectivity index (χ3v) is 2.63. The van der Waals surface area contributed by atoms with Gasteiger partial charge in [0.15, 0.2) is 5.82 Å². The smallest absolute Gasteiger partial charge is 0.227 e. The number of benzene rings is 1. The largest absolute Gasteiger partial charge is 0.368 e. The quantitative estimate of drug-likeness (QED) is 0.888. The van der Waals surface area contributed by atoms with Gasteiger partial charge in [-0.2, -0.15) is 15.0 Å². The Morgan fingerprint density at radius 3 is 2.24 bits per heavy atom. The van der Waals surface area contributed by atoms with E-state index in [1.807, 2.05) is 24.3 Å². The van der Waals surface area contributed by atoms with E-state index in [0.717, 1.165) is 5.56 Å². The van der Waals surface area contributed by atoms with Gasteiger partial charge in [-0.25, -0.2) is 0 Å². The van der Waals surface area contributed by atoms with Gasteiger partial charge in [-0.05, 0) is 23.1 Å². The van der Waals surface area contributed by atoms with Crippen molar-refractivity contribution in [1.29, 1.82) is 0 Å². The van der Waals surface area contributed by atoms with E-state index in [4.69, 9.17) is 17.3 Å². The van der Waals surface area contributed by atoms with Crippen LogP contribution in [0.1, 0.15) is 25.3 Å². The Kier molecular flexibility index (Phi) is 3.24. The lowest BCUT2D eigenvalue weighted by molar-refractivity contribution is 0.867. The molecule has 88 valence electrons. The molecular weight excluding hydrogens is 236 g/mol. The first kappa shape index (κ1) is 11.8. The standard InChI is InChI=1S/C12H13ClN4/c1-7(2)8-3-5-9(6-4-8)10-15-11(13)17-12(14)16-10/h3-7H,1-2H3,(H2,14,15,16,17). The topological polar surface area (TPSA) is 64.7 Å². The van der Waals surface area contributed by atoms with Crippen LogP contribution in [0, 0.1) is 0 Å². The lowest BCUT2D eigenvalue weighted by atomic mass is 10.0. The summed E-state index contributed by atoms with van der Waals surface area (Å²) in [6.07, 6.45) is 0. The summed E-state index contributed by atoms with van der Waals surface area (Å²) in [6.45, 7) is 4.29. The van der Waals surface area contributed by atoms with Gasteiger partial charge in [-0.15, -0.1) is 0 Å². The van der Waals surface area contributed by atoms with E-state index in [1.54, 1.807) is 0 Å². The van der Waals surface area contributed by atoms with Crippen LogP contribution in [-0.4, -0.2) is 15.0 Å². The molecule has 0 aliphatic carbocycles. The number of anilines is 1. The van der Waals surface area contributed by atoms with Crippen LogP contribution < -0.4 is 5.73 Å². The average molecular weight is 249 g/mol.